The van der Waals surface area contributed by atoms with Gasteiger partial charge in [-0.05, 0) is 30.2 Å². The van der Waals surface area contributed by atoms with Crippen LogP contribution in [-0.2, 0) is 0 Å². The zero-order valence-electron chi connectivity index (χ0n) is 9.82. The van der Waals surface area contributed by atoms with Gasteiger partial charge in [0.15, 0.2) is 0 Å². The van der Waals surface area contributed by atoms with Crippen molar-refractivity contribution in [2.75, 3.05) is 0 Å². The summed E-state index contributed by atoms with van der Waals surface area (Å²) in [6.07, 6.45) is 11.6. The summed E-state index contributed by atoms with van der Waals surface area (Å²) in [4.78, 5) is 0. The molecule has 0 spiro atoms. The summed E-state index contributed by atoms with van der Waals surface area (Å²) in [6.45, 7) is 2.20. The van der Waals surface area contributed by atoms with Crippen LogP contribution in [0.3, 0.4) is 0 Å². The van der Waals surface area contributed by atoms with Crippen molar-refractivity contribution in [1.29, 1.82) is 0 Å². The molecular formula is C16H18. The number of hydrogen-bond donors (Lipinski definition) is 0. The number of allylic oxidation sites excluding steroid dienone is 3. The van der Waals surface area contributed by atoms with E-state index in [4.69, 9.17) is 0 Å². The summed E-state index contributed by atoms with van der Waals surface area (Å²) in [5.74, 6) is 5.99. The molecule has 82 valence electrons. The molecule has 0 heteroatoms. The second-order valence-corrected chi connectivity index (χ2v) is 3.58. The van der Waals surface area contributed by atoms with Crippen LogP contribution in [0, 0.1) is 11.8 Å². The Morgan fingerprint density at radius 3 is 2.56 bits per heavy atom. The molecule has 0 aliphatic carbocycles. The fourth-order valence-corrected chi connectivity index (χ4v) is 1.26. The second-order valence-electron chi connectivity index (χ2n) is 3.58. The maximum absolute atomic E-state index is 3.00. The minimum absolute atomic E-state index is 1.13. The van der Waals surface area contributed by atoms with Crippen molar-refractivity contribution in [2.24, 2.45) is 0 Å². The molecule has 0 fully saturated rings. The van der Waals surface area contributed by atoms with Crippen LogP contribution in [-0.4, -0.2) is 0 Å². The van der Waals surface area contributed by atoms with Crippen LogP contribution in [0.25, 0.3) is 6.08 Å². The Morgan fingerprint density at radius 1 is 1.06 bits per heavy atom. The SMILES string of the molecule is CCCC/C=C/C#C/C=C/c1ccccc1. The Balaban J connectivity index is 2.32. The predicted octanol–water partition coefficient (Wildman–Crippen LogP) is 4.45. The van der Waals surface area contributed by atoms with Crippen LogP contribution in [0.1, 0.15) is 31.7 Å². The van der Waals surface area contributed by atoms with Gasteiger partial charge in [-0.15, -0.1) is 0 Å². The molecule has 0 heterocycles. The zero-order chi connectivity index (χ0) is 11.5. The van der Waals surface area contributed by atoms with Gasteiger partial charge in [0.1, 0.15) is 0 Å². The minimum atomic E-state index is 1.13. The molecule has 0 aromatic heterocycles. The fraction of sp³-hybridized carbons (Fsp3) is 0.250. The third kappa shape index (κ3) is 5.88. The van der Waals surface area contributed by atoms with Gasteiger partial charge >= 0.3 is 0 Å². The lowest BCUT2D eigenvalue weighted by Gasteiger charge is -1.87. The Bertz CT molecular complexity index is 385. The second kappa shape index (κ2) is 8.56. The van der Waals surface area contributed by atoms with Crippen LogP contribution in [0.5, 0.6) is 0 Å². The molecule has 16 heavy (non-hydrogen) atoms. The van der Waals surface area contributed by atoms with Gasteiger partial charge in [0, 0.05) is 0 Å². The van der Waals surface area contributed by atoms with Crippen molar-refractivity contribution < 1.29 is 0 Å². The Hall–Kier alpha value is -1.74. The quantitative estimate of drug-likeness (QED) is 0.509. The van der Waals surface area contributed by atoms with Gasteiger partial charge in [-0.1, -0.05) is 68.0 Å². The van der Waals surface area contributed by atoms with E-state index in [1.54, 1.807) is 0 Å². The lowest BCUT2D eigenvalue weighted by molar-refractivity contribution is 0.815. The first kappa shape index (κ1) is 12.3. The normalized spacial score (nSPS) is 10.6. The van der Waals surface area contributed by atoms with Crippen molar-refractivity contribution in [3.05, 3.63) is 54.1 Å². The van der Waals surface area contributed by atoms with Crippen LogP contribution in [0.15, 0.2) is 48.6 Å². The van der Waals surface area contributed by atoms with Crippen molar-refractivity contribution in [2.45, 2.75) is 26.2 Å². The van der Waals surface area contributed by atoms with Gasteiger partial charge in [0.05, 0.1) is 0 Å². The first-order valence-corrected chi connectivity index (χ1v) is 5.81. The highest BCUT2D eigenvalue weighted by molar-refractivity contribution is 5.52. The maximum atomic E-state index is 3.00. The van der Waals surface area contributed by atoms with Crippen LogP contribution < -0.4 is 0 Å². The monoisotopic (exact) mass is 210 g/mol. The first-order chi connectivity index (χ1) is 7.93. The largest absolute Gasteiger partial charge is 0.0761 e. The molecule has 0 saturated heterocycles. The molecule has 0 bridgehead atoms. The number of unbranched alkanes of at least 4 members (excludes halogenated alkanes) is 2. The molecule has 0 nitrogen and oxygen atoms in total. The van der Waals surface area contributed by atoms with Gasteiger partial charge in [0.25, 0.3) is 0 Å². The van der Waals surface area contributed by atoms with E-state index < -0.39 is 0 Å². The first-order valence-electron chi connectivity index (χ1n) is 5.81. The molecule has 0 saturated carbocycles. The molecule has 0 radical (unpaired) electrons. The molecule has 1 aromatic carbocycles. The highest BCUT2D eigenvalue weighted by Crippen LogP contribution is 1.99. The maximum Gasteiger partial charge on any atom is -0.0109 e. The van der Waals surface area contributed by atoms with Gasteiger partial charge in [0.2, 0.25) is 0 Å². The fourth-order valence-electron chi connectivity index (χ4n) is 1.26. The molecule has 1 aromatic rings. The molecule has 0 amide bonds. The number of benzene rings is 1. The van der Waals surface area contributed by atoms with Crippen molar-refractivity contribution in [3.63, 3.8) is 0 Å². The van der Waals surface area contributed by atoms with Crippen LogP contribution in [0.4, 0.5) is 0 Å². The van der Waals surface area contributed by atoms with Crippen molar-refractivity contribution in [3.8, 4) is 11.8 Å². The molecule has 0 atom stereocenters. The van der Waals surface area contributed by atoms with Crippen molar-refractivity contribution in [1.82, 2.24) is 0 Å². The summed E-state index contributed by atoms with van der Waals surface area (Å²) < 4.78 is 0. The molecule has 1 rings (SSSR count). The van der Waals surface area contributed by atoms with E-state index in [2.05, 4.69) is 37.0 Å². The number of rotatable bonds is 4. The van der Waals surface area contributed by atoms with Gasteiger partial charge < -0.3 is 0 Å². The van der Waals surface area contributed by atoms with Crippen molar-refractivity contribution >= 4 is 6.08 Å². The van der Waals surface area contributed by atoms with E-state index in [-0.39, 0.29) is 0 Å². The van der Waals surface area contributed by atoms with E-state index in [1.807, 2.05) is 36.4 Å². The summed E-state index contributed by atoms with van der Waals surface area (Å²) in [5.41, 5.74) is 1.19. The van der Waals surface area contributed by atoms with E-state index in [9.17, 15) is 0 Å². The van der Waals surface area contributed by atoms with E-state index >= 15 is 0 Å². The number of hydrogen-bond acceptors (Lipinski definition) is 0. The molecule has 0 N–H and O–H groups in total. The van der Waals surface area contributed by atoms with E-state index in [0.717, 1.165) is 6.42 Å². The Morgan fingerprint density at radius 2 is 1.81 bits per heavy atom. The Kier molecular flexibility index (Phi) is 6.60. The van der Waals surface area contributed by atoms with Crippen LogP contribution >= 0.6 is 0 Å². The predicted molar refractivity (Wildman–Crippen MR) is 71.9 cm³/mol. The topological polar surface area (TPSA) is 0 Å². The van der Waals surface area contributed by atoms with Gasteiger partial charge in [-0.2, -0.15) is 0 Å². The van der Waals surface area contributed by atoms with Gasteiger partial charge in [-0.25, -0.2) is 0 Å². The Labute approximate surface area is 98.7 Å². The highest BCUT2D eigenvalue weighted by Gasteiger charge is 1.79. The van der Waals surface area contributed by atoms with E-state index in [1.165, 1.54) is 18.4 Å². The lowest BCUT2D eigenvalue weighted by Crippen LogP contribution is -1.67. The summed E-state index contributed by atoms with van der Waals surface area (Å²) in [7, 11) is 0. The molecular weight excluding hydrogens is 192 g/mol. The van der Waals surface area contributed by atoms with E-state index in [0.29, 0.717) is 0 Å². The molecule has 0 aliphatic rings. The van der Waals surface area contributed by atoms with Gasteiger partial charge in [-0.3, -0.25) is 0 Å². The smallest absolute Gasteiger partial charge is 0.0109 e. The third-order valence-corrected chi connectivity index (χ3v) is 2.17. The minimum Gasteiger partial charge on any atom is -0.0761 e. The molecule has 0 unspecified atom stereocenters. The lowest BCUT2D eigenvalue weighted by atomic mass is 10.2. The molecule has 0 aliphatic heterocycles. The highest BCUT2D eigenvalue weighted by atomic mass is 13.8. The summed E-state index contributed by atoms with van der Waals surface area (Å²) >= 11 is 0. The average Bonchev–Trinajstić information content (AvgIpc) is 2.34. The summed E-state index contributed by atoms with van der Waals surface area (Å²) in [6, 6.07) is 10.2. The zero-order valence-corrected chi connectivity index (χ0v) is 9.82. The van der Waals surface area contributed by atoms with Crippen LogP contribution in [0.2, 0.25) is 0 Å². The summed E-state index contributed by atoms with van der Waals surface area (Å²) in [5, 5.41) is 0. The standard InChI is InChI=1S/C16H18/c1-2-3-4-5-6-7-8-10-13-16-14-11-9-12-15-16/h5-6,9-15H,2-4H2,1H3/b6-5+,13-10+. The average molecular weight is 210 g/mol. The third-order valence-electron chi connectivity index (χ3n) is 2.17.